The first-order valence-electron chi connectivity index (χ1n) is 8.67. The summed E-state index contributed by atoms with van der Waals surface area (Å²) in [6.45, 7) is 7.15. The van der Waals surface area contributed by atoms with Crippen molar-refractivity contribution in [2.45, 2.75) is 52.9 Å². The molecule has 7 heteroatoms. The Morgan fingerprint density at radius 1 is 1.00 bits per heavy atom. The molecule has 1 aromatic rings. The van der Waals surface area contributed by atoms with Gasteiger partial charge in [-0.15, -0.1) is 0 Å². The zero-order valence-electron chi connectivity index (χ0n) is 15.8. The van der Waals surface area contributed by atoms with Gasteiger partial charge >= 0.3 is 6.18 Å². The summed E-state index contributed by atoms with van der Waals surface area (Å²) in [6, 6.07) is 6.63. The fourth-order valence-electron chi connectivity index (χ4n) is 2.48. The zero-order valence-corrected chi connectivity index (χ0v) is 15.8. The molecule has 0 radical (unpaired) electrons. The van der Waals surface area contributed by atoms with Crippen molar-refractivity contribution in [2.75, 3.05) is 6.54 Å². The topological polar surface area (TPSA) is 49.4 Å². The van der Waals surface area contributed by atoms with Gasteiger partial charge in [0.15, 0.2) is 0 Å². The van der Waals surface area contributed by atoms with Gasteiger partial charge < -0.3 is 10.2 Å². The molecule has 4 nitrogen and oxygen atoms in total. The number of carbonyl (C=O) groups is 2. The third kappa shape index (κ3) is 6.35. The summed E-state index contributed by atoms with van der Waals surface area (Å²) >= 11 is 0. The van der Waals surface area contributed by atoms with E-state index >= 15 is 0 Å². The minimum Gasteiger partial charge on any atom is -0.340 e. The van der Waals surface area contributed by atoms with Gasteiger partial charge in [-0.1, -0.05) is 45.9 Å². The van der Waals surface area contributed by atoms with E-state index in [1.807, 2.05) is 0 Å². The summed E-state index contributed by atoms with van der Waals surface area (Å²) in [5, 5.41) is 2.60. The lowest BCUT2D eigenvalue weighted by atomic mass is 9.98. The fraction of sp³-hybridized carbons (Fsp3) is 0.579. The number of hydrogen-bond donors (Lipinski definition) is 1. The SMILES string of the molecule is CC(C)C(NC(=O)c1ccccc1)C(=O)N(CC(F)(F)F)C(C)C(C)C. The van der Waals surface area contributed by atoms with Crippen LogP contribution in [0, 0.1) is 11.8 Å². The van der Waals surface area contributed by atoms with Crippen LogP contribution in [0.15, 0.2) is 30.3 Å². The van der Waals surface area contributed by atoms with E-state index in [2.05, 4.69) is 5.32 Å². The van der Waals surface area contributed by atoms with Gasteiger partial charge in [0, 0.05) is 11.6 Å². The van der Waals surface area contributed by atoms with E-state index < -0.39 is 36.6 Å². The van der Waals surface area contributed by atoms with Crippen LogP contribution in [0.4, 0.5) is 13.2 Å². The molecule has 26 heavy (non-hydrogen) atoms. The molecule has 2 amide bonds. The maximum Gasteiger partial charge on any atom is 0.406 e. The normalized spacial score (nSPS) is 14.2. The second-order valence-electron chi connectivity index (χ2n) is 7.13. The minimum absolute atomic E-state index is 0.154. The van der Waals surface area contributed by atoms with E-state index in [4.69, 9.17) is 0 Å². The van der Waals surface area contributed by atoms with Gasteiger partial charge in [-0.25, -0.2) is 0 Å². The highest BCUT2D eigenvalue weighted by molar-refractivity contribution is 5.97. The van der Waals surface area contributed by atoms with E-state index in [1.165, 1.54) is 0 Å². The third-order valence-electron chi connectivity index (χ3n) is 4.34. The largest absolute Gasteiger partial charge is 0.406 e. The van der Waals surface area contributed by atoms with Crippen LogP contribution in [0.1, 0.15) is 45.0 Å². The summed E-state index contributed by atoms with van der Waals surface area (Å²) in [7, 11) is 0. The number of carbonyl (C=O) groups excluding carboxylic acids is 2. The number of halogens is 3. The predicted octanol–water partition coefficient (Wildman–Crippen LogP) is 3.88. The van der Waals surface area contributed by atoms with Gasteiger partial charge in [-0.3, -0.25) is 9.59 Å². The Labute approximate surface area is 152 Å². The lowest BCUT2D eigenvalue weighted by molar-refractivity contribution is -0.168. The van der Waals surface area contributed by atoms with Crippen LogP contribution in [0.3, 0.4) is 0 Å². The minimum atomic E-state index is -4.51. The summed E-state index contributed by atoms with van der Waals surface area (Å²) in [6.07, 6.45) is -4.51. The second-order valence-corrected chi connectivity index (χ2v) is 7.13. The molecule has 0 aliphatic rings. The molecule has 0 spiro atoms. The quantitative estimate of drug-likeness (QED) is 0.790. The third-order valence-corrected chi connectivity index (χ3v) is 4.34. The summed E-state index contributed by atoms with van der Waals surface area (Å²) in [5.74, 6) is -1.71. The Morgan fingerprint density at radius 2 is 1.54 bits per heavy atom. The Bertz CT molecular complexity index is 601. The molecule has 0 saturated heterocycles. The molecule has 0 saturated carbocycles. The van der Waals surface area contributed by atoms with Crippen molar-refractivity contribution in [1.29, 1.82) is 0 Å². The van der Waals surface area contributed by atoms with Gasteiger partial charge in [0.25, 0.3) is 5.91 Å². The Kier molecular flexibility index (Phi) is 7.66. The Hall–Kier alpha value is -2.05. The number of alkyl halides is 3. The van der Waals surface area contributed by atoms with Crippen LogP contribution in [0.2, 0.25) is 0 Å². The molecule has 1 aromatic carbocycles. The standard InChI is InChI=1S/C19H27F3N2O2/c1-12(2)14(5)24(11-19(20,21)22)18(26)16(13(3)4)23-17(25)15-9-7-6-8-10-15/h6-10,12-14,16H,11H2,1-5H3,(H,23,25). The number of benzene rings is 1. The van der Waals surface area contributed by atoms with Crippen molar-refractivity contribution < 1.29 is 22.8 Å². The van der Waals surface area contributed by atoms with E-state index in [0.29, 0.717) is 5.56 Å². The second kappa shape index (κ2) is 9.05. The maximum atomic E-state index is 13.0. The van der Waals surface area contributed by atoms with Gasteiger partial charge in [0.2, 0.25) is 5.91 Å². The van der Waals surface area contributed by atoms with Crippen molar-refractivity contribution in [3.05, 3.63) is 35.9 Å². The van der Waals surface area contributed by atoms with Crippen LogP contribution >= 0.6 is 0 Å². The molecule has 0 aromatic heterocycles. The number of rotatable bonds is 7. The van der Waals surface area contributed by atoms with Crippen LogP contribution in [0.5, 0.6) is 0 Å². The molecule has 0 aliphatic heterocycles. The highest BCUT2D eigenvalue weighted by atomic mass is 19.4. The van der Waals surface area contributed by atoms with E-state index in [1.54, 1.807) is 65.0 Å². The first kappa shape index (κ1) is 22.0. The molecule has 1 rings (SSSR count). The molecule has 0 fully saturated rings. The van der Waals surface area contributed by atoms with E-state index in [9.17, 15) is 22.8 Å². The monoisotopic (exact) mass is 372 g/mol. The van der Waals surface area contributed by atoms with Crippen molar-refractivity contribution in [3.63, 3.8) is 0 Å². The van der Waals surface area contributed by atoms with Crippen LogP contribution in [0.25, 0.3) is 0 Å². The van der Waals surface area contributed by atoms with Crippen molar-refractivity contribution in [2.24, 2.45) is 11.8 Å². The molecular formula is C19H27F3N2O2. The Balaban J connectivity index is 3.07. The summed E-state index contributed by atoms with van der Waals surface area (Å²) in [4.78, 5) is 26.1. The molecular weight excluding hydrogens is 345 g/mol. The molecule has 1 N–H and O–H groups in total. The van der Waals surface area contributed by atoms with Crippen molar-refractivity contribution >= 4 is 11.8 Å². The number of amides is 2. The van der Waals surface area contributed by atoms with Gasteiger partial charge in [-0.2, -0.15) is 13.2 Å². The smallest absolute Gasteiger partial charge is 0.340 e. The highest BCUT2D eigenvalue weighted by Gasteiger charge is 2.39. The number of nitrogens with zero attached hydrogens (tertiary/aromatic N) is 1. The van der Waals surface area contributed by atoms with E-state index in [0.717, 1.165) is 4.90 Å². The van der Waals surface area contributed by atoms with Crippen molar-refractivity contribution in [1.82, 2.24) is 10.2 Å². The van der Waals surface area contributed by atoms with Crippen LogP contribution in [-0.2, 0) is 4.79 Å². The van der Waals surface area contributed by atoms with E-state index in [-0.39, 0.29) is 11.8 Å². The highest BCUT2D eigenvalue weighted by Crippen LogP contribution is 2.22. The van der Waals surface area contributed by atoms with Gasteiger partial charge in [-0.05, 0) is 30.9 Å². The fourth-order valence-corrected chi connectivity index (χ4v) is 2.48. The predicted molar refractivity (Wildman–Crippen MR) is 94.6 cm³/mol. The summed E-state index contributed by atoms with van der Waals surface area (Å²) < 4.78 is 39.0. The molecule has 2 atom stereocenters. The molecule has 2 unspecified atom stereocenters. The first-order chi connectivity index (χ1) is 11.9. The van der Waals surface area contributed by atoms with Gasteiger partial charge in [0.1, 0.15) is 12.6 Å². The zero-order chi connectivity index (χ0) is 20.1. The lowest BCUT2D eigenvalue weighted by Gasteiger charge is -2.36. The molecule has 146 valence electrons. The average Bonchev–Trinajstić information content (AvgIpc) is 2.55. The van der Waals surface area contributed by atoms with Crippen LogP contribution in [-0.4, -0.2) is 41.5 Å². The molecule has 0 aliphatic carbocycles. The molecule has 0 bridgehead atoms. The van der Waals surface area contributed by atoms with Gasteiger partial charge in [0.05, 0.1) is 0 Å². The maximum absolute atomic E-state index is 13.0. The first-order valence-corrected chi connectivity index (χ1v) is 8.67. The average molecular weight is 372 g/mol. The lowest BCUT2D eigenvalue weighted by Crippen LogP contribution is -2.56. The molecule has 0 heterocycles. The van der Waals surface area contributed by atoms with Crippen molar-refractivity contribution in [3.8, 4) is 0 Å². The Morgan fingerprint density at radius 3 is 1.96 bits per heavy atom. The summed E-state index contributed by atoms with van der Waals surface area (Å²) in [5.41, 5.74) is 0.352. The number of hydrogen-bond acceptors (Lipinski definition) is 2. The number of nitrogens with one attached hydrogen (secondary N) is 1. The van der Waals surface area contributed by atoms with Crippen LogP contribution < -0.4 is 5.32 Å².